The lowest BCUT2D eigenvalue weighted by Crippen LogP contribution is -1.91. The van der Waals surface area contributed by atoms with E-state index in [1.54, 1.807) is 6.07 Å². The van der Waals surface area contributed by atoms with Gasteiger partial charge in [0.2, 0.25) is 0 Å². The summed E-state index contributed by atoms with van der Waals surface area (Å²) in [6, 6.07) is 10.8. The molecule has 1 saturated heterocycles. The Labute approximate surface area is 108 Å². The van der Waals surface area contributed by atoms with Crippen molar-refractivity contribution in [2.45, 2.75) is 12.2 Å². The van der Waals surface area contributed by atoms with E-state index < -0.39 is 11.6 Å². The quantitative estimate of drug-likeness (QED) is 0.733. The average Bonchev–Trinajstić information content (AvgIpc) is 3.09. The van der Waals surface area contributed by atoms with Crippen molar-refractivity contribution >= 4 is 11.6 Å². The van der Waals surface area contributed by atoms with Gasteiger partial charge in [0.05, 0.1) is 0 Å². The molecule has 0 spiro atoms. The Kier molecular flexibility index (Phi) is 2.80. The summed E-state index contributed by atoms with van der Waals surface area (Å²) in [4.78, 5) is 0. The van der Waals surface area contributed by atoms with E-state index in [2.05, 4.69) is 0 Å². The van der Waals surface area contributed by atoms with Crippen molar-refractivity contribution in [2.75, 3.05) is 0 Å². The molecule has 2 aromatic carbocycles. The molecule has 0 radical (unpaired) electrons. The highest BCUT2D eigenvalue weighted by Crippen LogP contribution is 2.53. The maximum atomic E-state index is 13.6. The summed E-state index contributed by atoms with van der Waals surface area (Å²) in [5.74, 6) is -1.18. The van der Waals surface area contributed by atoms with Gasteiger partial charge in [-0.1, -0.05) is 35.9 Å². The SMILES string of the molecule is Fc1ccc([C@H]2O[C@H]2c2ccccc2Cl)c(F)c1. The number of rotatable bonds is 2. The van der Waals surface area contributed by atoms with Crippen LogP contribution in [0.5, 0.6) is 0 Å². The van der Waals surface area contributed by atoms with Crippen LogP contribution in [0, 0.1) is 11.6 Å². The number of benzene rings is 2. The van der Waals surface area contributed by atoms with E-state index in [0.29, 0.717) is 10.6 Å². The molecular weight excluding hydrogens is 258 g/mol. The van der Waals surface area contributed by atoms with Crippen molar-refractivity contribution in [3.05, 3.63) is 70.2 Å². The van der Waals surface area contributed by atoms with Crippen molar-refractivity contribution < 1.29 is 13.5 Å². The molecule has 0 saturated carbocycles. The van der Waals surface area contributed by atoms with Gasteiger partial charge >= 0.3 is 0 Å². The Bertz CT molecular complexity index is 600. The number of hydrogen-bond donors (Lipinski definition) is 0. The highest BCUT2D eigenvalue weighted by Gasteiger charge is 2.43. The summed E-state index contributed by atoms with van der Waals surface area (Å²) in [7, 11) is 0. The summed E-state index contributed by atoms with van der Waals surface area (Å²) in [6.45, 7) is 0. The van der Waals surface area contributed by atoms with Crippen molar-refractivity contribution in [1.82, 2.24) is 0 Å². The molecule has 92 valence electrons. The second-order valence-corrected chi connectivity index (χ2v) is 4.57. The minimum absolute atomic E-state index is 0.251. The van der Waals surface area contributed by atoms with Gasteiger partial charge in [0.15, 0.2) is 0 Å². The topological polar surface area (TPSA) is 12.5 Å². The molecule has 0 aliphatic carbocycles. The standard InChI is InChI=1S/C14H9ClF2O/c15-11-4-2-1-3-9(11)13-14(18-13)10-6-5-8(16)7-12(10)17/h1-7,13-14H/t13-,14+/m0/s1. The maximum absolute atomic E-state index is 13.6. The second kappa shape index (κ2) is 4.34. The molecule has 1 fully saturated rings. The molecule has 1 nitrogen and oxygen atoms in total. The molecule has 0 amide bonds. The molecule has 18 heavy (non-hydrogen) atoms. The Morgan fingerprint density at radius 3 is 2.39 bits per heavy atom. The molecule has 1 heterocycles. The third-order valence-corrected chi connectivity index (χ3v) is 3.32. The normalized spacial score (nSPS) is 21.9. The van der Waals surface area contributed by atoms with E-state index in [1.807, 2.05) is 18.2 Å². The van der Waals surface area contributed by atoms with Crippen LogP contribution in [0.4, 0.5) is 8.78 Å². The molecule has 0 bridgehead atoms. The van der Waals surface area contributed by atoms with Crippen LogP contribution in [0.3, 0.4) is 0 Å². The summed E-state index contributed by atoms with van der Waals surface area (Å²) in [5.41, 5.74) is 1.19. The molecule has 0 N–H and O–H groups in total. The predicted octanol–water partition coefficient (Wildman–Crippen LogP) is 4.43. The second-order valence-electron chi connectivity index (χ2n) is 4.16. The zero-order valence-corrected chi connectivity index (χ0v) is 9.99. The van der Waals surface area contributed by atoms with Crippen molar-refractivity contribution in [2.24, 2.45) is 0 Å². The Hall–Kier alpha value is -1.45. The van der Waals surface area contributed by atoms with Gasteiger partial charge in [-0.2, -0.15) is 0 Å². The summed E-state index contributed by atoms with van der Waals surface area (Å²) >= 11 is 6.04. The largest absolute Gasteiger partial charge is 0.359 e. The summed E-state index contributed by atoms with van der Waals surface area (Å²) < 4.78 is 31.8. The van der Waals surface area contributed by atoms with Gasteiger partial charge in [-0.25, -0.2) is 8.78 Å². The fraction of sp³-hybridized carbons (Fsp3) is 0.143. The monoisotopic (exact) mass is 266 g/mol. The van der Waals surface area contributed by atoms with Gasteiger partial charge in [0, 0.05) is 22.2 Å². The minimum Gasteiger partial charge on any atom is -0.359 e. The van der Waals surface area contributed by atoms with Crippen LogP contribution in [0.25, 0.3) is 0 Å². The van der Waals surface area contributed by atoms with Gasteiger partial charge < -0.3 is 4.74 Å². The molecule has 1 aliphatic heterocycles. The van der Waals surface area contributed by atoms with Crippen LogP contribution < -0.4 is 0 Å². The van der Waals surface area contributed by atoms with Crippen LogP contribution in [0.15, 0.2) is 42.5 Å². The minimum atomic E-state index is -0.591. The van der Waals surface area contributed by atoms with Crippen LogP contribution in [0.1, 0.15) is 23.3 Å². The summed E-state index contributed by atoms with van der Waals surface area (Å²) in [6.07, 6.45) is -0.635. The molecular formula is C14H9ClF2O. The van der Waals surface area contributed by atoms with Gasteiger partial charge in [0.25, 0.3) is 0 Å². The van der Waals surface area contributed by atoms with Crippen LogP contribution >= 0.6 is 11.6 Å². The van der Waals surface area contributed by atoms with Gasteiger partial charge in [0.1, 0.15) is 23.8 Å². The smallest absolute Gasteiger partial charge is 0.132 e. The van der Waals surface area contributed by atoms with Gasteiger partial charge in [-0.15, -0.1) is 0 Å². The van der Waals surface area contributed by atoms with E-state index in [4.69, 9.17) is 16.3 Å². The number of halogens is 3. The first-order valence-electron chi connectivity index (χ1n) is 5.51. The Morgan fingerprint density at radius 2 is 1.67 bits per heavy atom. The first-order chi connectivity index (χ1) is 8.66. The molecule has 0 aromatic heterocycles. The Balaban J connectivity index is 1.88. The van der Waals surface area contributed by atoms with Crippen molar-refractivity contribution in [3.8, 4) is 0 Å². The highest BCUT2D eigenvalue weighted by molar-refractivity contribution is 6.31. The summed E-state index contributed by atoms with van der Waals surface area (Å²) in [5, 5.41) is 0.590. The van der Waals surface area contributed by atoms with E-state index in [9.17, 15) is 8.78 Å². The number of hydrogen-bond acceptors (Lipinski definition) is 1. The fourth-order valence-corrected chi connectivity index (χ4v) is 2.27. The molecule has 3 rings (SSSR count). The first kappa shape index (κ1) is 11.6. The zero-order chi connectivity index (χ0) is 12.7. The Morgan fingerprint density at radius 1 is 0.944 bits per heavy atom. The maximum Gasteiger partial charge on any atom is 0.132 e. The predicted molar refractivity (Wildman–Crippen MR) is 64.4 cm³/mol. The molecule has 2 atom stereocenters. The lowest BCUT2D eigenvalue weighted by atomic mass is 10.0. The first-order valence-corrected chi connectivity index (χ1v) is 5.89. The van der Waals surface area contributed by atoms with Gasteiger partial charge in [-0.05, 0) is 12.1 Å². The lowest BCUT2D eigenvalue weighted by molar-refractivity contribution is 0.373. The lowest BCUT2D eigenvalue weighted by Gasteiger charge is -2.01. The third-order valence-electron chi connectivity index (χ3n) is 2.97. The van der Waals surface area contributed by atoms with Crippen LogP contribution in [0.2, 0.25) is 5.02 Å². The molecule has 1 aliphatic rings. The van der Waals surface area contributed by atoms with Crippen molar-refractivity contribution in [3.63, 3.8) is 0 Å². The number of ether oxygens (including phenoxy) is 1. The van der Waals surface area contributed by atoms with Gasteiger partial charge in [-0.3, -0.25) is 0 Å². The van der Waals surface area contributed by atoms with Crippen molar-refractivity contribution in [1.29, 1.82) is 0 Å². The van der Waals surface area contributed by atoms with Crippen LogP contribution in [-0.4, -0.2) is 0 Å². The molecule has 4 heteroatoms. The van der Waals surface area contributed by atoms with E-state index in [-0.39, 0.29) is 12.2 Å². The molecule has 2 aromatic rings. The van der Waals surface area contributed by atoms with E-state index in [1.165, 1.54) is 12.1 Å². The zero-order valence-electron chi connectivity index (χ0n) is 9.24. The average molecular weight is 267 g/mol. The third kappa shape index (κ3) is 2.00. The van der Waals surface area contributed by atoms with E-state index in [0.717, 1.165) is 11.6 Å². The number of epoxide rings is 1. The molecule has 0 unspecified atom stereocenters. The highest BCUT2D eigenvalue weighted by atomic mass is 35.5. The van der Waals surface area contributed by atoms with Crippen LogP contribution in [-0.2, 0) is 4.74 Å². The van der Waals surface area contributed by atoms with E-state index >= 15 is 0 Å². The fourth-order valence-electron chi connectivity index (χ4n) is 2.02.